The first-order valence-corrected chi connectivity index (χ1v) is 26.7. The number of hydrogen-bond acceptors (Lipinski definition) is 9. The molecule has 1 aliphatic heterocycles. The van der Waals surface area contributed by atoms with Crippen LogP contribution in [0.25, 0.3) is 28.4 Å². The van der Waals surface area contributed by atoms with Crippen LogP contribution in [0.2, 0.25) is 54.4 Å². The Bertz CT molecular complexity index is 1880. The van der Waals surface area contributed by atoms with Gasteiger partial charge in [-0.25, -0.2) is 4.98 Å². The third-order valence-electron chi connectivity index (χ3n) is 11.6. The number of H-pyrrole nitrogens is 1. The first-order valence-electron chi connectivity index (χ1n) is 17.9. The van der Waals surface area contributed by atoms with Gasteiger partial charge in [-0.05, 0) is 54.4 Å². The molecule has 5 rings (SSSR count). The van der Waals surface area contributed by atoms with E-state index in [1.54, 1.807) is 12.5 Å². The number of nitrogens with one attached hydrogen (secondary N) is 1. The van der Waals surface area contributed by atoms with Gasteiger partial charge >= 0.3 is 0 Å². The van der Waals surface area contributed by atoms with Crippen molar-refractivity contribution >= 4 is 36.1 Å². The maximum absolute atomic E-state index is 13.5. The molecule has 4 aromatic rings. The second-order valence-electron chi connectivity index (χ2n) is 18.4. The zero-order chi connectivity index (χ0) is 37.9. The zero-order valence-corrected chi connectivity index (χ0v) is 36.3. The van der Waals surface area contributed by atoms with Crippen LogP contribution in [-0.4, -0.2) is 84.4 Å². The molecule has 1 N–H and O–H groups in total. The molecule has 0 unspecified atom stereocenters. The SMILES string of the molecule is CC(C)(C)[Si](C)(C)OC[C@H]1O[C@@H](n2cnc3c(=O)[nH]c(-n4cc(-c5ccccc5)nn4)nc32)[C@H](O[Si](C)(C)C(C)(C)C)[C@@H]1O[Si](C)(C)C(C)(C)C. The molecule has 1 fully saturated rings. The summed E-state index contributed by atoms with van der Waals surface area (Å²) in [5.41, 5.74) is 1.72. The Morgan fingerprint density at radius 3 is 1.96 bits per heavy atom. The number of rotatable bonds is 10. The molecule has 3 aromatic heterocycles. The minimum atomic E-state index is -2.40. The summed E-state index contributed by atoms with van der Waals surface area (Å²) in [7, 11) is -6.90. The highest BCUT2D eigenvalue weighted by Gasteiger charge is 2.55. The average molecular weight is 754 g/mol. The van der Waals surface area contributed by atoms with Gasteiger partial charge in [0.25, 0.3) is 5.56 Å². The molecule has 0 amide bonds. The first-order chi connectivity index (χ1) is 23.3. The van der Waals surface area contributed by atoms with Crippen molar-refractivity contribution in [2.45, 2.75) is 141 Å². The number of benzene rings is 1. The number of aromatic amines is 1. The molecule has 0 saturated carbocycles. The topological polar surface area (TPSA) is 131 Å². The quantitative estimate of drug-likeness (QED) is 0.160. The van der Waals surface area contributed by atoms with E-state index in [9.17, 15) is 4.79 Å². The summed E-state index contributed by atoms with van der Waals surface area (Å²) in [6, 6.07) is 9.74. The van der Waals surface area contributed by atoms with E-state index in [2.05, 4.69) is 122 Å². The van der Waals surface area contributed by atoms with Gasteiger partial charge in [-0.2, -0.15) is 9.67 Å². The molecule has 1 aromatic carbocycles. The van der Waals surface area contributed by atoms with Crippen molar-refractivity contribution in [1.29, 1.82) is 0 Å². The van der Waals surface area contributed by atoms with E-state index in [1.165, 1.54) is 4.68 Å². The number of hydrogen-bond donors (Lipinski definition) is 1. The van der Waals surface area contributed by atoms with Crippen molar-refractivity contribution in [2.75, 3.05) is 6.61 Å². The maximum atomic E-state index is 13.5. The third kappa shape index (κ3) is 7.94. The van der Waals surface area contributed by atoms with Gasteiger partial charge in [-0.15, -0.1) is 5.10 Å². The maximum Gasteiger partial charge on any atom is 0.280 e. The molecule has 0 spiro atoms. The minimum absolute atomic E-state index is 0.0153. The van der Waals surface area contributed by atoms with Crippen molar-refractivity contribution in [2.24, 2.45) is 0 Å². The molecule has 0 bridgehead atoms. The fourth-order valence-corrected chi connectivity index (χ4v) is 8.81. The van der Waals surface area contributed by atoms with Crippen molar-refractivity contribution in [3.63, 3.8) is 0 Å². The Labute approximate surface area is 306 Å². The normalized spacial score (nSPS) is 21.2. The number of ether oxygens (including phenoxy) is 1. The molecule has 1 saturated heterocycles. The monoisotopic (exact) mass is 753 g/mol. The largest absolute Gasteiger partial charge is 0.414 e. The summed E-state index contributed by atoms with van der Waals surface area (Å²) in [5.74, 6) is 0.218. The summed E-state index contributed by atoms with van der Waals surface area (Å²) in [5, 5.41) is 8.50. The van der Waals surface area contributed by atoms with Crippen LogP contribution >= 0.6 is 0 Å². The fraction of sp³-hybridized carbons (Fsp3) is 0.639. The molecular weight excluding hydrogens is 695 g/mol. The number of aromatic nitrogens is 7. The average Bonchev–Trinajstić information content (AvgIpc) is 3.73. The van der Waals surface area contributed by atoms with Crippen LogP contribution in [0.4, 0.5) is 0 Å². The van der Waals surface area contributed by atoms with Crippen LogP contribution in [0.15, 0.2) is 47.7 Å². The highest BCUT2D eigenvalue weighted by molar-refractivity contribution is 6.75. The molecule has 1 aliphatic rings. The van der Waals surface area contributed by atoms with Crippen molar-refractivity contribution < 1.29 is 18.0 Å². The minimum Gasteiger partial charge on any atom is -0.414 e. The van der Waals surface area contributed by atoms with Gasteiger partial charge in [0.15, 0.2) is 42.3 Å². The smallest absolute Gasteiger partial charge is 0.280 e. The standard InChI is InChI=1S/C36H59N7O5Si3/c1-34(2,3)49(10,11)45-22-26-28(47-50(12,13)35(4,5)6)29(48-51(14,15)36(7,8)9)32(46-26)42-23-37-27-30(42)38-33(39-31(27)44)43-21-25(40-41-43)24-19-17-16-18-20-24/h16-21,23,26,28-29,32H,22H2,1-15H3,(H,38,39,44)/t26-,28-,29-,32-/m1/s1. The van der Waals surface area contributed by atoms with Crippen LogP contribution < -0.4 is 5.56 Å². The lowest BCUT2D eigenvalue weighted by Gasteiger charge is -2.44. The summed E-state index contributed by atoms with van der Waals surface area (Å²) in [6.07, 6.45) is 1.29. The highest BCUT2D eigenvalue weighted by atomic mass is 28.4. The van der Waals surface area contributed by atoms with E-state index in [1.807, 2.05) is 34.9 Å². The van der Waals surface area contributed by atoms with Crippen LogP contribution in [-0.2, 0) is 18.0 Å². The summed E-state index contributed by atoms with van der Waals surface area (Å²) < 4.78 is 31.8. The van der Waals surface area contributed by atoms with Gasteiger partial charge in [-0.3, -0.25) is 14.3 Å². The van der Waals surface area contributed by atoms with E-state index >= 15 is 0 Å². The molecular formula is C36H59N7O5Si3. The Kier molecular flexibility index (Phi) is 10.5. The fourth-order valence-electron chi connectivity index (χ4n) is 5.19. The van der Waals surface area contributed by atoms with E-state index in [0.29, 0.717) is 17.9 Å². The molecule has 15 heteroatoms. The van der Waals surface area contributed by atoms with Crippen molar-refractivity contribution in [3.05, 3.63) is 53.2 Å². The van der Waals surface area contributed by atoms with Gasteiger partial charge in [0.1, 0.15) is 24.0 Å². The molecule has 4 heterocycles. The molecule has 280 valence electrons. The molecule has 4 atom stereocenters. The molecule has 0 radical (unpaired) electrons. The third-order valence-corrected chi connectivity index (χ3v) is 25.1. The summed E-state index contributed by atoms with van der Waals surface area (Å²) in [6.45, 7) is 34.0. The summed E-state index contributed by atoms with van der Waals surface area (Å²) >= 11 is 0. The number of imidazole rings is 1. The van der Waals surface area contributed by atoms with Gasteiger partial charge < -0.3 is 18.0 Å². The van der Waals surface area contributed by atoms with Crippen LogP contribution in [0.3, 0.4) is 0 Å². The van der Waals surface area contributed by atoms with Gasteiger partial charge in [0.2, 0.25) is 5.95 Å². The Morgan fingerprint density at radius 2 is 1.39 bits per heavy atom. The Hall–Kier alpha value is -2.80. The van der Waals surface area contributed by atoms with Crippen LogP contribution in [0.1, 0.15) is 68.5 Å². The van der Waals surface area contributed by atoms with Gasteiger partial charge in [0.05, 0.1) is 19.1 Å². The molecule has 0 aliphatic carbocycles. The lowest BCUT2D eigenvalue weighted by molar-refractivity contribution is -0.0470. The van der Waals surface area contributed by atoms with Gasteiger partial charge in [0, 0.05) is 5.56 Å². The lowest BCUT2D eigenvalue weighted by Crippen LogP contribution is -2.54. The van der Waals surface area contributed by atoms with Crippen LogP contribution in [0.5, 0.6) is 0 Å². The number of nitrogens with zero attached hydrogens (tertiary/aromatic N) is 6. The molecule has 12 nitrogen and oxygen atoms in total. The lowest BCUT2D eigenvalue weighted by atomic mass is 10.1. The zero-order valence-electron chi connectivity index (χ0n) is 33.3. The summed E-state index contributed by atoms with van der Waals surface area (Å²) in [4.78, 5) is 25.8. The Balaban J connectivity index is 1.63. The molecule has 51 heavy (non-hydrogen) atoms. The first kappa shape index (κ1) is 39.4. The van der Waals surface area contributed by atoms with Crippen LogP contribution in [0, 0.1) is 0 Å². The second kappa shape index (κ2) is 13.6. The predicted molar refractivity (Wildman–Crippen MR) is 210 cm³/mol. The van der Waals surface area contributed by atoms with Crippen molar-refractivity contribution in [3.8, 4) is 17.2 Å². The number of fused-ring (bicyclic) bond motifs is 1. The highest BCUT2D eigenvalue weighted by Crippen LogP contribution is 2.47. The van der Waals surface area contributed by atoms with E-state index in [-0.39, 0.29) is 26.6 Å². The van der Waals surface area contributed by atoms with Gasteiger partial charge in [-0.1, -0.05) is 97.9 Å². The Morgan fingerprint density at radius 1 is 0.824 bits per heavy atom. The van der Waals surface area contributed by atoms with E-state index < -0.39 is 55.1 Å². The second-order valence-corrected chi connectivity index (χ2v) is 32.8. The van der Waals surface area contributed by atoms with E-state index in [4.69, 9.17) is 23.0 Å². The predicted octanol–water partition coefficient (Wildman–Crippen LogP) is 8.07. The van der Waals surface area contributed by atoms with Crippen molar-refractivity contribution in [1.82, 2.24) is 34.5 Å². The van der Waals surface area contributed by atoms with E-state index in [0.717, 1.165) is 5.56 Å².